The van der Waals surface area contributed by atoms with Crippen molar-refractivity contribution in [2.45, 2.75) is 51.4 Å². The highest BCUT2D eigenvalue weighted by Gasteiger charge is 2.37. The molecule has 1 atom stereocenters. The molecule has 5 nitrogen and oxygen atoms in total. The quantitative estimate of drug-likeness (QED) is 0.633. The molecular formula is C23H32N2O3Si. The summed E-state index contributed by atoms with van der Waals surface area (Å²) in [4.78, 5) is 24.4. The number of hydrogen-bond donors (Lipinski definition) is 2. The van der Waals surface area contributed by atoms with Crippen molar-refractivity contribution >= 4 is 20.1 Å². The van der Waals surface area contributed by atoms with E-state index in [0.717, 1.165) is 11.1 Å². The number of nitrogens with two attached hydrogens (primary N) is 1. The van der Waals surface area contributed by atoms with Crippen LogP contribution in [0.25, 0.3) is 11.1 Å². The van der Waals surface area contributed by atoms with E-state index in [9.17, 15) is 9.59 Å². The first-order chi connectivity index (χ1) is 13.5. The van der Waals surface area contributed by atoms with Crippen molar-refractivity contribution in [3.05, 3.63) is 60.2 Å². The molecule has 3 N–H and O–H groups in total. The van der Waals surface area contributed by atoms with Crippen LogP contribution in [0, 0.1) is 0 Å². The van der Waals surface area contributed by atoms with Crippen LogP contribution in [0.3, 0.4) is 0 Å². The van der Waals surface area contributed by atoms with Gasteiger partial charge in [0, 0.05) is 12.2 Å². The van der Waals surface area contributed by atoms with Crippen molar-refractivity contribution in [2.24, 2.45) is 5.73 Å². The van der Waals surface area contributed by atoms with E-state index in [4.69, 9.17) is 10.2 Å². The highest BCUT2D eigenvalue weighted by molar-refractivity contribution is 6.74. The summed E-state index contributed by atoms with van der Waals surface area (Å²) in [6.45, 7) is 11.2. The Morgan fingerprint density at radius 3 is 2.07 bits per heavy atom. The van der Waals surface area contributed by atoms with Crippen LogP contribution in [0.2, 0.25) is 18.1 Å². The van der Waals surface area contributed by atoms with Crippen molar-refractivity contribution in [1.29, 1.82) is 0 Å². The Morgan fingerprint density at radius 2 is 1.55 bits per heavy atom. The number of amides is 2. The van der Waals surface area contributed by atoms with Crippen molar-refractivity contribution in [1.82, 2.24) is 5.32 Å². The fourth-order valence-electron chi connectivity index (χ4n) is 2.62. The fourth-order valence-corrected chi connectivity index (χ4v) is 3.68. The third-order valence-electron chi connectivity index (χ3n) is 5.58. The summed E-state index contributed by atoms with van der Waals surface area (Å²) in [6, 6.07) is 16.5. The number of nitrogens with one attached hydrogen (secondary N) is 1. The molecule has 0 aliphatic carbocycles. The van der Waals surface area contributed by atoms with Gasteiger partial charge in [-0.1, -0.05) is 63.2 Å². The van der Waals surface area contributed by atoms with E-state index in [0.29, 0.717) is 18.6 Å². The Balaban J connectivity index is 1.98. The number of hydrogen-bond acceptors (Lipinski definition) is 3. The highest BCUT2D eigenvalue weighted by atomic mass is 28.4. The van der Waals surface area contributed by atoms with Gasteiger partial charge in [-0.2, -0.15) is 0 Å². The molecular weight excluding hydrogens is 380 g/mol. The van der Waals surface area contributed by atoms with E-state index < -0.39 is 20.3 Å². The van der Waals surface area contributed by atoms with Gasteiger partial charge in [0.25, 0.3) is 5.91 Å². The maximum absolute atomic E-state index is 12.6. The molecule has 0 aromatic heterocycles. The second kappa shape index (κ2) is 9.37. The Morgan fingerprint density at radius 1 is 1.00 bits per heavy atom. The lowest BCUT2D eigenvalue weighted by atomic mass is 10.0. The van der Waals surface area contributed by atoms with E-state index >= 15 is 0 Å². The number of carbonyl (C=O) groups excluding carboxylic acids is 2. The van der Waals surface area contributed by atoms with Crippen LogP contribution in [0.1, 0.15) is 37.6 Å². The molecule has 2 aromatic carbocycles. The Hall–Kier alpha value is -2.44. The minimum Gasteiger partial charge on any atom is -0.417 e. The number of rotatable bonds is 8. The zero-order chi connectivity index (χ0) is 21.7. The number of benzene rings is 2. The lowest BCUT2D eigenvalue weighted by Gasteiger charge is -2.36. The SMILES string of the molecule is CC(C)(C)[Si](C)(C)OCC[C@@H](NC(=O)c1ccc(-c2ccccc2)cc1)C(N)=O. The van der Waals surface area contributed by atoms with Crippen LogP contribution < -0.4 is 11.1 Å². The summed E-state index contributed by atoms with van der Waals surface area (Å²) in [7, 11) is -1.91. The molecule has 29 heavy (non-hydrogen) atoms. The predicted molar refractivity (Wildman–Crippen MR) is 120 cm³/mol. The van der Waals surface area contributed by atoms with Gasteiger partial charge < -0.3 is 15.5 Å². The topological polar surface area (TPSA) is 81.4 Å². The van der Waals surface area contributed by atoms with Crippen LogP contribution in [0.4, 0.5) is 0 Å². The minimum absolute atomic E-state index is 0.0823. The summed E-state index contributed by atoms with van der Waals surface area (Å²) in [5, 5.41) is 2.82. The van der Waals surface area contributed by atoms with Crippen LogP contribution in [0.15, 0.2) is 54.6 Å². The van der Waals surface area contributed by atoms with Crippen molar-refractivity contribution in [2.75, 3.05) is 6.61 Å². The largest absolute Gasteiger partial charge is 0.417 e. The second-order valence-electron chi connectivity index (χ2n) is 8.77. The van der Waals surface area contributed by atoms with Crippen molar-refractivity contribution in [3.63, 3.8) is 0 Å². The smallest absolute Gasteiger partial charge is 0.251 e. The monoisotopic (exact) mass is 412 g/mol. The van der Waals surface area contributed by atoms with Gasteiger partial charge in [-0.05, 0) is 47.8 Å². The Kier molecular flexibility index (Phi) is 7.38. The molecule has 2 rings (SSSR count). The molecule has 0 radical (unpaired) electrons. The van der Waals surface area contributed by atoms with Gasteiger partial charge in [-0.3, -0.25) is 9.59 Å². The zero-order valence-corrected chi connectivity index (χ0v) is 19.0. The molecule has 0 aliphatic rings. The van der Waals surface area contributed by atoms with Gasteiger partial charge in [-0.25, -0.2) is 0 Å². The lowest BCUT2D eigenvalue weighted by Crippen LogP contribution is -2.46. The lowest BCUT2D eigenvalue weighted by molar-refractivity contribution is -0.120. The summed E-state index contributed by atoms with van der Waals surface area (Å²) < 4.78 is 6.11. The van der Waals surface area contributed by atoms with Gasteiger partial charge in [0.1, 0.15) is 6.04 Å². The molecule has 0 bridgehead atoms. The number of carbonyl (C=O) groups is 2. The molecule has 2 amide bonds. The van der Waals surface area contributed by atoms with Gasteiger partial charge in [0.15, 0.2) is 8.32 Å². The molecule has 0 fully saturated rings. The normalized spacial score (nSPS) is 13.0. The van der Waals surface area contributed by atoms with E-state index in [1.54, 1.807) is 12.1 Å². The van der Waals surface area contributed by atoms with E-state index in [2.05, 4.69) is 39.2 Å². The zero-order valence-electron chi connectivity index (χ0n) is 18.0. The second-order valence-corrected chi connectivity index (χ2v) is 13.6. The minimum atomic E-state index is -1.91. The first kappa shape index (κ1) is 22.8. The average Bonchev–Trinajstić information content (AvgIpc) is 2.66. The van der Waals surface area contributed by atoms with Crippen LogP contribution in [0.5, 0.6) is 0 Å². The van der Waals surface area contributed by atoms with E-state index in [1.165, 1.54) is 0 Å². The summed E-state index contributed by atoms with van der Waals surface area (Å²) >= 11 is 0. The van der Waals surface area contributed by atoms with Crippen LogP contribution >= 0.6 is 0 Å². The van der Waals surface area contributed by atoms with E-state index in [1.807, 2.05) is 42.5 Å². The van der Waals surface area contributed by atoms with Crippen LogP contribution in [-0.2, 0) is 9.22 Å². The first-order valence-corrected chi connectivity index (χ1v) is 12.8. The van der Waals surface area contributed by atoms with Gasteiger partial charge in [0.05, 0.1) is 0 Å². The third kappa shape index (κ3) is 6.27. The molecule has 0 spiro atoms. The number of primary amides is 1. The molecule has 0 unspecified atom stereocenters. The average molecular weight is 413 g/mol. The van der Waals surface area contributed by atoms with Gasteiger partial charge in [0.2, 0.25) is 5.91 Å². The first-order valence-electron chi connectivity index (χ1n) is 9.91. The van der Waals surface area contributed by atoms with Gasteiger partial charge >= 0.3 is 0 Å². The molecule has 0 aliphatic heterocycles. The highest BCUT2D eigenvalue weighted by Crippen LogP contribution is 2.36. The van der Waals surface area contributed by atoms with Crippen LogP contribution in [-0.4, -0.2) is 32.8 Å². The molecule has 156 valence electrons. The standard InChI is InChI=1S/C23H32N2O3Si/c1-23(2,3)29(4,5)28-16-15-20(21(24)26)25-22(27)19-13-11-18(12-14-19)17-9-7-6-8-10-17/h6-14,20H,15-16H2,1-5H3,(H2,24,26)(H,25,27)/t20-/m1/s1. The Labute approximate surface area is 174 Å². The summed E-state index contributed by atoms with van der Waals surface area (Å²) in [5.41, 5.74) is 8.09. The van der Waals surface area contributed by atoms with Crippen molar-refractivity contribution in [3.8, 4) is 11.1 Å². The molecule has 0 saturated carbocycles. The van der Waals surface area contributed by atoms with Crippen molar-refractivity contribution < 1.29 is 14.0 Å². The maximum atomic E-state index is 12.6. The molecule has 0 heterocycles. The fraction of sp³-hybridized carbons (Fsp3) is 0.391. The summed E-state index contributed by atoms with van der Waals surface area (Å²) in [6.07, 6.45) is 0.357. The molecule has 0 saturated heterocycles. The predicted octanol–water partition coefficient (Wildman–Crippen LogP) is 4.35. The molecule has 6 heteroatoms. The molecule has 2 aromatic rings. The third-order valence-corrected chi connectivity index (χ3v) is 10.1. The maximum Gasteiger partial charge on any atom is 0.251 e. The van der Waals surface area contributed by atoms with Gasteiger partial charge in [-0.15, -0.1) is 0 Å². The summed E-state index contributed by atoms with van der Waals surface area (Å²) in [5.74, 6) is -0.876. The Bertz CT molecular complexity index is 827. The van der Waals surface area contributed by atoms with E-state index in [-0.39, 0.29) is 10.9 Å².